The molecule has 0 radical (unpaired) electrons. The molecule has 0 saturated carbocycles. The van der Waals surface area contributed by atoms with E-state index in [4.69, 9.17) is 0 Å². The Morgan fingerprint density at radius 2 is 2.33 bits per heavy atom. The van der Waals surface area contributed by atoms with E-state index >= 15 is 0 Å². The summed E-state index contributed by atoms with van der Waals surface area (Å²) in [6.45, 7) is 6.57. The molecule has 98 valence electrons. The van der Waals surface area contributed by atoms with E-state index in [1.54, 1.807) is 19.1 Å². The first kappa shape index (κ1) is 13.4. The summed E-state index contributed by atoms with van der Waals surface area (Å²) in [5.74, 6) is 1.46. The van der Waals surface area contributed by atoms with Gasteiger partial charge < -0.3 is 5.11 Å². The van der Waals surface area contributed by atoms with Gasteiger partial charge in [-0.25, -0.2) is 0 Å². The highest BCUT2D eigenvalue weighted by Crippen LogP contribution is 2.24. The molecule has 0 bridgehead atoms. The van der Waals surface area contributed by atoms with Gasteiger partial charge in [0, 0.05) is 41.8 Å². The van der Waals surface area contributed by atoms with Crippen molar-refractivity contribution in [1.29, 1.82) is 0 Å². The molecule has 0 aromatic heterocycles. The Morgan fingerprint density at radius 3 is 3.00 bits per heavy atom. The molecule has 0 spiro atoms. The van der Waals surface area contributed by atoms with Gasteiger partial charge in [0.1, 0.15) is 5.75 Å². The lowest BCUT2D eigenvalue weighted by Crippen LogP contribution is -2.36. The van der Waals surface area contributed by atoms with Crippen LogP contribution >= 0.6 is 11.8 Å². The van der Waals surface area contributed by atoms with E-state index in [2.05, 4.69) is 11.8 Å². The van der Waals surface area contributed by atoms with Crippen LogP contribution in [0.5, 0.6) is 5.75 Å². The molecular weight excluding hydrogens is 246 g/mol. The first-order valence-electron chi connectivity index (χ1n) is 6.23. The lowest BCUT2D eigenvalue weighted by atomic mass is 10.1. The maximum Gasteiger partial charge on any atom is 0.159 e. The molecule has 1 heterocycles. The number of carbonyl (C=O) groups excluding carboxylic acids is 1. The standard InChI is InChI=1S/C14H19NO2S/c1-10-8-15(5-6-18-10)9-13-7-12(11(2)16)3-4-14(13)17/h3-4,7,10,17H,5-6,8-9H2,1-2H3. The van der Waals surface area contributed by atoms with E-state index in [1.165, 1.54) is 0 Å². The number of nitrogens with zero attached hydrogens (tertiary/aromatic N) is 1. The third-order valence-corrected chi connectivity index (χ3v) is 4.34. The van der Waals surface area contributed by atoms with Gasteiger partial charge in [0.15, 0.2) is 5.78 Å². The van der Waals surface area contributed by atoms with Crippen molar-refractivity contribution in [3.05, 3.63) is 29.3 Å². The molecule has 1 atom stereocenters. The SMILES string of the molecule is CC(=O)c1ccc(O)c(CN2CCSC(C)C2)c1. The third kappa shape index (κ3) is 3.27. The second-order valence-electron chi connectivity index (χ2n) is 4.82. The molecule has 0 amide bonds. The maximum absolute atomic E-state index is 11.4. The van der Waals surface area contributed by atoms with E-state index in [1.807, 2.05) is 17.8 Å². The van der Waals surface area contributed by atoms with Crippen molar-refractivity contribution in [2.24, 2.45) is 0 Å². The fourth-order valence-corrected chi connectivity index (χ4v) is 3.29. The zero-order valence-corrected chi connectivity index (χ0v) is 11.7. The summed E-state index contributed by atoms with van der Waals surface area (Å²) < 4.78 is 0. The number of carbonyl (C=O) groups is 1. The van der Waals surface area contributed by atoms with Gasteiger partial charge in [-0.15, -0.1) is 0 Å². The van der Waals surface area contributed by atoms with Gasteiger partial charge >= 0.3 is 0 Å². The van der Waals surface area contributed by atoms with Crippen molar-refractivity contribution in [1.82, 2.24) is 4.90 Å². The summed E-state index contributed by atoms with van der Waals surface area (Å²) in [6, 6.07) is 5.11. The molecule has 1 aliphatic heterocycles. The molecule has 18 heavy (non-hydrogen) atoms. The van der Waals surface area contributed by atoms with Crippen molar-refractivity contribution in [3.8, 4) is 5.75 Å². The molecule has 1 fully saturated rings. The van der Waals surface area contributed by atoms with Crippen LogP contribution in [0.25, 0.3) is 0 Å². The van der Waals surface area contributed by atoms with Gasteiger partial charge in [0.2, 0.25) is 0 Å². The van der Waals surface area contributed by atoms with Crippen molar-refractivity contribution >= 4 is 17.5 Å². The molecule has 1 aromatic rings. The molecule has 1 N–H and O–H groups in total. The summed E-state index contributed by atoms with van der Waals surface area (Å²) in [4.78, 5) is 13.7. The molecule has 1 unspecified atom stereocenters. The number of thioether (sulfide) groups is 1. The molecule has 2 rings (SSSR count). The summed E-state index contributed by atoms with van der Waals surface area (Å²) in [6.07, 6.45) is 0. The first-order chi connectivity index (χ1) is 8.56. The Kier molecular flexibility index (Phi) is 4.30. The van der Waals surface area contributed by atoms with E-state index < -0.39 is 0 Å². The van der Waals surface area contributed by atoms with Crippen LogP contribution in [-0.4, -0.2) is 39.9 Å². The average molecular weight is 265 g/mol. The van der Waals surface area contributed by atoms with Crippen molar-refractivity contribution in [2.75, 3.05) is 18.8 Å². The molecule has 4 heteroatoms. The quantitative estimate of drug-likeness (QED) is 0.853. The number of ketones is 1. The number of rotatable bonds is 3. The number of hydrogen-bond donors (Lipinski definition) is 1. The van der Waals surface area contributed by atoms with Crippen molar-refractivity contribution in [2.45, 2.75) is 25.6 Å². The molecule has 1 aliphatic rings. The van der Waals surface area contributed by atoms with E-state index in [-0.39, 0.29) is 11.5 Å². The van der Waals surface area contributed by atoms with Crippen LogP contribution in [0.4, 0.5) is 0 Å². The van der Waals surface area contributed by atoms with Gasteiger partial charge in [-0.2, -0.15) is 11.8 Å². The van der Waals surface area contributed by atoms with E-state index in [0.29, 0.717) is 10.8 Å². The van der Waals surface area contributed by atoms with Crippen molar-refractivity contribution < 1.29 is 9.90 Å². The Labute approximate surface area is 112 Å². The van der Waals surface area contributed by atoms with Crippen molar-refractivity contribution in [3.63, 3.8) is 0 Å². The summed E-state index contributed by atoms with van der Waals surface area (Å²) in [5, 5.41) is 10.5. The lowest BCUT2D eigenvalue weighted by molar-refractivity contribution is 0.101. The van der Waals surface area contributed by atoms with Crippen LogP contribution in [-0.2, 0) is 6.54 Å². The predicted octanol–water partition coefficient (Wildman–Crippen LogP) is 2.53. The number of hydrogen-bond acceptors (Lipinski definition) is 4. The molecule has 3 nitrogen and oxygen atoms in total. The second kappa shape index (κ2) is 5.76. The zero-order chi connectivity index (χ0) is 13.1. The molecule has 1 saturated heterocycles. The average Bonchev–Trinajstić information content (AvgIpc) is 2.31. The van der Waals surface area contributed by atoms with Crippen LogP contribution in [0.1, 0.15) is 29.8 Å². The van der Waals surface area contributed by atoms with Crippen LogP contribution in [0.2, 0.25) is 0 Å². The largest absolute Gasteiger partial charge is 0.508 e. The van der Waals surface area contributed by atoms with Gasteiger partial charge in [-0.3, -0.25) is 9.69 Å². The molecule has 1 aromatic carbocycles. The zero-order valence-electron chi connectivity index (χ0n) is 10.8. The number of phenolic OH excluding ortho intramolecular Hbond substituents is 1. The van der Waals surface area contributed by atoms with Crippen LogP contribution < -0.4 is 0 Å². The smallest absolute Gasteiger partial charge is 0.159 e. The Bertz CT molecular complexity index is 447. The Balaban J connectivity index is 2.12. The Morgan fingerprint density at radius 1 is 1.56 bits per heavy atom. The minimum Gasteiger partial charge on any atom is -0.508 e. The van der Waals surface area contributed by atoms with Crippen LogP contribution in [0.3, 0.4) is 0 Å². The topological polar surface area (TPSA) is 40.5 Å². The highest BCUT2D eigenvalue weighted by Gasteiger charge is 2.18. The highest BCUT2D eigenvalue weighted by molar-refractivity contribution is 7.99. The third-order valence-electron chi connectivity index (χ3n) is 3.21. The molecular formula is C14H19NO2S. The number of aromatic hydroxyl groups is 1. The minimum absolute atomic E-state index is 0.0406. The monoisotopic (exact) mass is 265 g/mol. The fourth-order valence-electron chi connectivity index (χ4n) is 2.21. The van der Waals surface area contributed by atoms with Gasteiger partial charge in [-0.05, 0) is 25.1 Å². The fraction of sp³-hybridized carbons (Fsp3) is 0.500. The maximum atomic E-state index is 11.4. The minimum atomic E-state index is 0.0406. The normalized spacial score (nSPS) is 20.9. The van der Waals surface area contributed by atoms with Gasteiger partial charge in [0.05, 0.1) is 0 Å². The number of benzene rings is 1. The predicted molar refractivity (Wildman–Crippen MR) is 75.3 cm³/mol. The highest BCUT2D eigenvalue weighted by atomic mass is 32.2. The summed E-state index contributed by atoms with van der Waals surface area (Å²) in [7, 11) is 0. The second-order valence-corrected chi connectivity index (χ2v) is 6.36. The van der Waals surface area contributed by atoms with Gasteiger partial charge in [0.25, 0.3) is 0 Å². The first-order valence-corrected chi connectivity index (χ1v) is 7.28. The summed E-state index contributed by atoms with van der Waals surface area (Å²) in [5.41, 5.74) is 1.52. The van der Waals surface area contributed by atoms with Crippen LogP contribution in [0, 0.1) is 0 Å². The van der Waals surface area contributed by atoms with E-state index in [9.17, 15) is 9.90 Å². The lowest BCUT2D eigenvalue weighted by Gasteiger charge is -2.30. The van der Waals surface area contributed by atoms with Crippen LogP contribution in [0.15, 0.2) is 18.2 Å². The van der Waals surface area contributed by atoms with Gasteiger partial charge in [-0.1, -0.05) is 6.92 Å². The summed E-state index contributed by atoms with van der Waals surface area (Å²) >= 11 is 1.99. The van der Waals surface area contributed by atoms with E-state index in [0.717, 1.165) is 31.0 Å². The number of phenols is 1. The number of Topliss-reactive ketones (excluding diaryl/α,β-unsaturated/α-hetero) is 1. The Hall–Kier alpha value is -1.00. The molecule has 0 aliphatic carbocycles.